The van der Waals surface area contributed by atoms with Crippen molar-refractivity contribution in [3.05, 3.63) is 28.7 Å². The molecule has 1 N–H and O–H groups in total. The average Bonchev–Trinajstić information content (AvgIpc) is 2.87. The summed E-state index contributed by atoms with van der Waals surface area (Å²) in [5.41, 5.74) is 0.855. The Labute approximate surface area is 113 Å². The number of likely N-dealkylation sites (N-methyl/N-ethyl adjacent to an activating group) is 1. The molecule has 0 aliphatic carbocycles. The Kier molecular flexibility index (Phi) is 3.71. The van der Waals surface area contributed by atoms with E-state index < -0.39 is 6.04 Å². The van der Waals surface area contributed by atoms with Crippen molar-refractivity contribution in [1.29, 1.82) is 0 Å². The zero-order chi connectivity index (χ0) is 13.1. The third-order valence-electron chi connectivity index (χ3n) is 2.50. The van der Waals surface area contributed by atoms with Crippen molar-refractivity contribution in [3.8, 4) is 11.4 Å². The van der Waals surface area contributed by atoms with Crippen molar-refractivity contribution >= 4 is 21.8 Å². The summed E-state index contributed by atoms with van der Waals surface area (Å²) in [6.07, 6.45) is 0. The van der Waals surface area contributed by atoms with Crippen LogP contribution in [-0.2, 0) is 4.79 Å². The molecule has 0 aliphatic rings. The van der Waals surface area contributed by atoms with Gasteiger partial charge in [0, 0.05) is 17.1 Å². The van der Waals surface area contributed by atoms with Gasteiger partial charge in [-0.2, -0.15) is 4.80 Å². The van der Waals surface area contributed by atoms with Gasteiger partial charge in [-0.3, -0.25) is 4.79 Å². The SMILES string of the molecule is CNC(=O)C(C)n1nnc(-c2ccc(Br)cc2)n1. The lowest BCUT2D eigenvalue weighted by Crippen LogP contribution is -2.29. The second-order valence-corrected chi connectivity index (χ2v) is 4.65. The number of nitrogens with zero attached hydrogens (tertiary/aromatic N) is 4. The summed E-state index contributed by atoms with van der Waals surface area (Å²) in [6, 6.07) is 7.09. The zero-order valence-corrected chi connectivity index (χ0v) is 11.5. The lowest BCUT2D eigenvalue weighted by Gasteiger charge is -2.06. The van der Waals surface area contributed by atoms with E-state index in [0.29, 0.717) is 5.82 Å². The second kappa shape index (κ2) is 5.26. The van der Waals surface area contributed by atoms with Crippen LogP contribution in [0.3, 0.4) is 0 Å². The number of nitrogens with one attached hydrogen (secondary N) is 1. The van der Waals surface area contributed by atoms with Crippen LogP contribution in [0.1, 0.15) is 13.0 Å². The highest BCUT2D eigenvalue weighted by Crippen LogP contribution is 2.18. The van der Waals surface area contributed by atoms with Gasteiger partial charge in [-0.25, -0.2) is 0 Å². The van der Waals surface area contributed by atoms with Crippen molar-refractivity contribution in [1.82, 2.24) is 25.5 Å². The number of benzene rings is 1. The Morgan fingerprint density at radius 3 is 2.67 bits per heavy atom. The first kappa shape index (κ1) is 12.7. The number of aromatic nitrogens is 4. The average molecular weight is 310 g/mol. The lowest BCUT2D eigenvalue weighted by molar-refractivity contribution is -0.123. The summed E-state index contributed by atoms with van der Waals surface area (Å²) < 4.78 is 0.984. The summed E-state index contributed by atoms with van der Waals surface area (Å²) >= 11 is 3.36. The molecular formula is C11H12BrN5O. The number of halogens is 1. The molecule has 1 amide bonds. The minimum absolute atomic E-state index is 0.158. The summed E-state index contributed by atoms with van der Waals surface area (Å²) in [5, 5.41) is 14.6. The van der Waals surface area contributed by atoms with Gasteiger partial charge in [-0.05, 0) is 36.4 Å². The summed E-state index contributed by atoms with van der Waals surface area (Å²) in [4.78, 5) is 12.8. The topological polar surface area (TPSA) is 72.7 Å². The van der Waals surface area contributed by atoms with E-state index in [9.17, 15) is 4.79 Å². The van der Waals surface area contributed by atoms with E-state index in [4.69, 9.17) is 0 Å². The molecule has 7 heteroatoms. The highest BCUT2D eigenvalue weighted by atomic mass is 79.9. The molecule has 0 spiro atoms. The van der Waals surface area contributed by atoms with Crippen LogP contribution in [0, 0.1) is 0 Å². The van der Waals surface area contributed by atoms with Gasteiger partial charge >= 0.3 is 0 Å². The first-order valence-corrected chi connectivity index (χ1v) is 6.18. The molecule has 1 aromatic heterocycles. The standard InChI is InChI=1S/C11H12BrN5O/c1-7(11(18)13-2)17-15-10(14-16-17)8-3-5-9(12)6-4-8/h3-7H,1-2H3,(H,13,18). The third kappa shape index (κ3) is 2.56. The molecule has 2 aromatic rings. The largest absolute Gasteiger partial charge is 0.357 e. The predicted octanol–water partition coefficient (Wildman–Crippen LogP) is 1.41. The number of tetrazole rings is 1. The number of hydrogen-bond acceptors (Lipinski definition) is 4. The quantitative estimate of drug-likeness (QED) is 0.930. The normalized spacial score (nSPS) is 12.2. The number of hydrogen-bond donors (Lipinski definition) is 1. The molecule has 0 saturated heterocycles. The first-order chi connectivity index (χ1) is 8.61. The van der Waals surface area contributed by atoms with Crippen LogP contribution in [0.4, 0.5) is 0 Å². The predicted molar refractivity (Wildman–Crippen MR) is 69.7 cm³/mol. The van der Waals surface area contributed by atoms with Crippen molar-refractivity contribution in [2.24, 2.45) is 0 Å². The molecule has 18 heavy (non-hydrogen) atoms. The van der Waals surface area contributed by atoms with Gasteiger partial charge in [-0.1, -0.05) is 15.9 Å². The van der Waals surface area contributed by atoms with Gasteiger partial charge in [0.15, 0.2) is 0 Å². The van der Waals surface area contributed by atoms with E-state index in [0.717, 1.165) is 10.0 Å². The third-order valence-corrected chi connectivity index (χ3v) is 3.03. The molecule has 2 rings (SSSR count). The van der Waals surface area contributed by atoms with Gasteiger partial charge in [-0.15, -0.1) is 10.2 Å². The monoisotopic (exact) mass is 309 g/mol. The first-order valence-electron chi connectivity index (χ1n) is 5.39. The van der Waals surface area contributed by atoms with Crippen molar-refractivity contribution in [3.63, 3.8) is 0 Å². The molecule has 6 nitrogen and oxygen atoms in total. The van der Waals surface area contributed by atoms with Crippen LogP contribution < -0.4 is 5.32 Å². The molecule has 0 fully saturated rings. The molecule has 1 atom stereocenters. The fourth-order valence-corrected chi connectivity index (χ4v) is 1.68. The van der Waals surface area contributed by atoms with E-state index in [2.05, 4.69) is 36.7 Å². The van der Waals surface area contributed by atoms with Gasteiger partial charge in [0.2, 0.25) is 11.7 Å². The number of amides is 1. The number of carbonyl (C=O) groups excluding carboxylic acids is 1. The van der Waals surface area contributed by atoms with Crippen molar-refractivity contribution < 1.29 is 4.79 Å². The fourth-order valence-electron chi connectivity index (χ4n) is 1.42. The number of rotatable bonds is 3. The van der Waals surface area contributed by atoms with Crippen LogP contribution >= 0.6 is 15.9 Å². The zero-order valence-electron chi connectivity index (χ0n) is 9.96. The maximum absolute atomic E-state index is 11.5. The van der Waals surface area contributed by atoms with Gasteiger partial charge in [0.05, 0.1) is 0 Å². The van der Waals surface area contributed by atoms with E-state index >= 15 is 0 Å². The van der Waals surface area contributed by atoms with E-state index in [-0.39, 0.29) is 5.91 Å². The van der Waals surface area contributed by atoms with Crippen LogP contribution in [0.15, 0.2) is 28.7 Å². The number of carbonyl (C=O) groups is 1. The summed E-state index contributed by atoms with van der Waals surface area (Å²) in [6.45, 7) is 1.71. The Morgan fingerprint density at radius 1 is 1.39 bits per heavy atom. The molecular weight excluding hydrogens is 298 g/mol. The second-order valence-electron chi connectivity index (χ2n) is 3.73. The van der Waals surface area contributed by atoms with Crippen LogP contribution in [0.5, 0.6) is 0 Å². The Hall–Kier alpha value is -1.76. The van der Waals surface area contributed by atoms with Crippen molar-refractivity contribution in [2.45, 2.75) is 13.0 Å². The summed E-state index contributed by atoms with van der Waals surface area (Å²) in [7, 11) is 1.57. The Balaban J connectivity index is 2.25. The maximum atomic E-state index is 11.5. The molecule has 1 aromatic carbocycles. The van der Waals surface area contributed by atoms with Crippen LogP contribution in [0.25, 0.3) is 11.4 Å². The Bertz CT molecular complexity index is 551. The van der Waals surface area contributed by atoms with Crippen LogP contribution in [0.2, 0.25) is 0 Å². The van der Waals surface area contributed by atoms with Gasteiger partial charge < -0.3 is 5.32 Å². The van der Waals surface area contributed by atoms with Gasteiger partial charge in [0.25, 0.3) is 0 Å². The van der Waals surface area contributed by atoms with Crippen LogP contribution in [-0.4, -0.2) is 33.2 Å². The lowest BCUT2D eigenvalue weighted by atomic mass is 10.2. The van der Waals surface area contributed by atoms with Crippen molar-refractivity contribution in [2.75, 3.05) is 7.05 Å². The van der Waals surface area contributed by atoms with E-state index in [1.54, 1.807) is 14.0 Å². The van der Waals surface area contributed by atoms with Gasteiger partial charge in [0.1, 0.15) is 6.04 Å². The molecule has 0 aliphatic heterocycles. The minimum atomic E-state index is -0.480. The molecule has 0 bridgehead atoms. The minimum Gasteiger partial charge on any atom is -0.357 e. The molecule has 1 heterocycles. The Morgan fingerprint density at radius 2 is 2.06 bits per heavy atom. The molecule has 0 saturated carbocycles. The maximum Gasteiger partial charge on any atom is 0.246 e. The summed E-state index contributed by atoms with van der Waals surface area (Å²) in [5.74, 6) is 0.341. The molecule has 1 unspecified atom stereocenters. The fraction of sp³-hybridized carbons (Fsp3) is 0.273. The molecule has 94 valence electrons. The van der Waals surface area contributed by atoms with E-state index in [1.807, 2.05) is 24.3 Å². The highest BCUT2D eigenvalue weighted by molar-refractivity contribution is 9.10. The molecule has 0 radical (unpaired) electrons. The van der Waals surface area contributed by atoms with E-state index in [1.165, 1.54) is 4.80 Å². The highest BCUT2D eigenvalue weighted by Gasteiger charge is 2.17. The smallest absolute Gasteiger partial charge is 0.246 e.